The summed E-state index contributed by atoms with van der Waals surface area (Å²) in [7, 11) is -4.78. The Morgan fingerprint density at radius 3 is 2.37 bits per heavy atom. The lowest BCUT2D eigenvalue weighted by Gasteiger charge is -2.17. The molecule has 2 atom stereocenters. The smallest absolute Gasteiger partial charge is 0.332 e. The molecular weight excluding hydrogens is 277 g/mol. The Morgan fingerprint density at radius 2 is 1.89 bits per heavy atom. The zero-order valence-corrected chi connectivity index (χ0v) is 10.5. The van der Waals surface area contributed by atoms with Crippen molar-refractivity contribution >= 4 is 10.2 Å². The van der Waals surface area contributed by atoms with Crippen LogP contribution in [0, 0.1) is 0 Å². The van der Waals surface area contributed by atoms with Gasteiger partial charge in [-0.1, -0.05) is 17.2 Å². The van der Waals surface area contributed by atoms with Crippen LogP contribution in [0.5, 0.6) is 0 Å². The highest BCUT2D eigenvalue weighted by Crippen LogP contribution is 2.21. The summed E-state index contributed by atoms with van der Waals surface area (Å²) in [5, 5.41) is 22.6. The van der Waals surface area contributed by atoms with E-state index >= 15 is 0 Å². The van der Waals surface area contributed by atoms with Gasteiger partial charge in [0.1, 0.15) is 6.10 Å². The SMILES string of the molecule is [N-]=[N+]=NCCC(O)C(O)c1ccc(S(=O)(=O)F)cc1. The lowest BCUT2D eigenvalue weighted by atomic mass is 10.0. The number of aliphatic hydroxyl groups is 2. The minimum atomic E-state index is -4.78. The van der Waals surface area contributed by atoms with E-state index in [9.17, 15) is 22.5 Å². The highest BCUT2D eigenvalue weighted by atomic mass is 32.3. The van der Waals surface area contributed by atoms with Gasteiger partial charge in [-0.15, -0.1) is 3.89 Å². The number of rotatable bonds is 6. The van der Waals surface area contributed by atoms with Gasteiger partial charge in [0.05, 0.1) is 11.0 Å². The normalized spacial score (nSPS) is 14.5. The van der Waals surface area contributed by atoms with Crippen LogP contribution in [-0.4, -0.2) is 31.3 Å². The van der Waals surface area contributed by atoms with E-state index in [0.717, 1.165) is 12.1 Å². The molecule has 0 aliphatic heterocycles. The fraction of sp³-hybridized carbons (Fsp3) is 0.400. The van der Waals surface area contributed by atoms with Crippen molar-refractivity contribution in [3.63, 3.8) is 0 Å². The molecule has 0 saturated carbocycles. The third-order valence-electron chi connectivity index (χ3n) is 2.46. The number of azide groups is 1. The fourth-order valence-electron chi connectivity index (χ4n) is 1.44. The maximum Gasteiger partial charge on any atom is 0.332 e. The summed E-state index contributed by atoms with van der Waals surface area (Å²) in [6, 6.07) is 4.39. The zero-order valence-electron chi connectivity index (χ0n) is 9.72. The molecule has 0 aliphatic carbocycles. The van der Waals surface area contributed by atoms with Crippen LogP contribution in [0.2, 0.25) is 0 Å². The summed E-state index contributed by atoms with van der Waals surface area (Å²) in [6.07, 6.45) is -2.39. The van der Waals surface area contributed by atoms with Gasteiger partial charge in [0.2, 0.25) is 0 Å². The highest BCUT2D eigenvalue weighted by Gasteiger charge is 2.19. The predicted octanol–water partition coefficient (Wildman–Crippen LogP) is 1.44. The highest BCUT2D eigenvalue weighted by molar-refractivity contribution is 7.86. The van der Waals surface area contributed by atoms with Gasteiger partial charge in [-0.05, 0) is 29.6 Å². The minimum Gasteiger partial charge on any atom is -0.390 e. The van der Waals surface area contributed by atoms with Crippen LogP contribution < -0.4 is 0 Å². The minimum absolute atomic E-state index is 0.0195. The molecule has 2 unspecified atom stereocenters. The van der Waals surface area contributed by atoms with Gasteiger partial charge in [0, 0.05) is 11.5 Å². The van der Waals surface area contributed by atoms with Crippen molar-refractivity contribution in [2.24, 2.45) is 5.11 Å². The van der Waals surface area contributed by atoms with E-state index in [1.165, 1.54) is 12.1 Å². The molecule has 0 spiro atoms. The van der Waals surface area contributed by atoms with Crippen LogP contribution in [0.25, 0.3) is 10.4 Å². The Morgan fingerprint density at radius 1 is 1.32 bits per heavy atom. The lowest BCUT2D eigenvalue weighted by molar-refractivity contribution is 0.0150. The van der Waals surface area contributed by atoms with Gasteiger partial charge in [-0.25, -0.2) is 0 Å². The van der Waals surface area contributed by atoms with E-state index in [1.807, 2.05) is 0 Å². The summed E-state index contributed by atoms with van der Waals surface area (Å²) in [5.41, 5.74) is 8.30. The average molecular weight is 289 g/mol. The van der Waals surface area contributed by atoms with Gasteiger partial charge in [-0.2, -0.15) is 8.42 Å². The number of halogens is 1. The summed E-state index contributed by atoms with van der Waals surface area (Å²) in [6.45, 7) is 0.0195. The van der Waals surface area contributed by atoms with Crippen molar-refractivity contribution in [2.75, 3.05) is 6.54 Å². The van der Waals surface area contributed by atoms with E-state index in [-0.39, 0.29) is 18.5 Å². The first-order chi connectivity index (χ1) is 8.86. The molecule has 1 aromatic rings. The molecule has 0 aliphatic rings. The Balaban J connectivity index is 2.77. The topological polar surface area (TPSA) is 123 Å². The Kier molecular flexibility index (Phi) is 5.25. The third-order valence-corrected chi connectivity index (χ3v) is 3.29. The standard InChI is InChI=1S/C10H12FN3O4S/c11-19(17,18)8-3-1-7(2-4-8)10(16)9(15)5-6-13-14-12/h1-4,9-10,15-16H,5-6H2. The number of nitrogens with zero attached hydrogens (tertiary/aromatic N) is 3. The molecule has 19 heavy (non-hydrogen) atoms. The van der Waals surface area contributed by atoms with Crippen LogP contribution >= 0.6 is 0 Å². The second-order valence-corrected chi connectivity index (χ2v) is 5.11. The van der Waals surface area contributed by atoms with Crippen molar-refractivity contribution in [1.82, 2.24) is 0 Å². The quantitative estimate of drug-likeness (QED) is 0.356. The van der Waals surface area contributed by atoms with Gasteiger partial charge < -0.3 is 10.2 Å². The largest absolute Gasteiger partial charge is 0.390 e. The number of aliphatic hydroxyl groups excluding tert-OH is 2. The molecule has 0 radical (unpaired) electrons. The zero-order chi connectivity index (χ0) is 14.5. The number of hydrogen-bond donors (Lipinski definition) is 2. The average Bonchev–Trinajstić information content (AvgIpc) is 2.37. The van der Waals surface area contributed by atoms with E-state index in [0.29, 0.717) is 0 Å². The molecule has 7 nitrogen and oxygen atoms in total. The van der Waals surface area contributed by atoms with E-state index in [2.05, 4.69) is 10.0 Å². The van der Waals surface area contributed by atoms with E-state index < -0.39 is 27.3 Å². The summed E-state index contributed by atoms with van der Waals surface area (Å²) >= 11 is 0. The van der Waals surface area contributed by atoms with Gasteiger partial charge >= 0.3 is 10.2 Å². The maximum atomic E-state index is 12.6. The number of benzene rings is 1. The van der Waals surface area contributed by atoms with Crippen LogP contribution in [-0.2, 0) is 10.2 Å². The Bertz CT molecular complexity index is 569. The van der Waals surface area contributed by atoms with Crippen molar-refractivity contribution in [1.29, 1.82) is 0 Å². The van der Waals surface area contributed by atoms with Gasteiger partial charge in [0.15, 0.2) is 0 Å². The van der Waals surface area contributed by atoms with Crippen molar-refractivity contribution < 1.29 is 22.5 Å². The molecule has 1 rings (SSSR count). The molecular formula is C10H12FN3O4S. The molecule has 0 fully saturated rings. The fourth-order valence-corrected chi connectivity index (χ4v) is 1.90. The van der Waals surface area contributed by atoms with Gasteiger partial charge in [0.25, 0.3) is 0 Å². The molecule has 2 N–H and O–H groups in total. The first-order valence-corrected chi connectivity index (χ1v) is 6.66. The van der Waals surface area contributed by atoms with Crippen LogP contribution in [0.1, 0.15) is 18.1 Å². The van der Waals surface area contributed by atoms with Crippen molar-refractivity contribution in [2.45, 2.75) is 23.5 Å². The van der Waals surface area contributed by atoms with Gasteiger partial charge in [-0.3, -0.25) is 0 Å². The van der Waals surface area contributed by atoms with Crippen LogP contribution in [0.4, 0.5) is 3.89 Å². The molecule has 9 heteroatoms. The second kappa shape index (κ2) is 6.48. The van der Waals surface area contributed by atoms with Crippen LogP contribution in [0.3, 0.4) is 0 Å². The molecule has 0 heterocycles. The Hall–Kier alpha value is -1.67. The monoisotopic (exact) mass is 289 g/mol. The first-order valence-electron chi connectivity index (χ1n) is 5.28. The lowest BCUT2D eigenvalue weighted by Crippen LogP contribution is -2.19. The molecule has 0 bridgehead atoms. The Labute approximate surface area is 109 Å². The molecule has 104 valence electrons. The first kappa shape index (κ1) is 15.4. The molecule has 0 amide bonds. The summed E-state index contributed by atoms with van der Waals surface area (Å²) < 4.78 is 33.8. The van der Waals surface area contributed by atoms with Crippen molar-refractivity contribution in [3.8, 4) is 0 Å². The summed E-state index contributed by atoms with van der Waals surface area (Å²) in [4.78, 5) is 1.98. The summed E-state index contributed by atoms with van der Waals surface area (Å²) in [5.74, 6) is 0. The van der Waals surface area contributed by atoms with Crippen LogP contribution in [0.15, 0.2) is 34.3 Å². The molecule has 1 aromatic carbocycles. The molecule has 0 saturated heterocycles. The molecule has 0 aromatic heterocycles. The maximum absolute atomic E-state index is 12.6. The third kappa shape index (κ3) is 4.49. The number of hydrogen-bond acceptors (Lipinski definition) is 5. The second-order valence-electron chi connectivity index (χ2n) is 3.76. The predicted molar refractivity (Wildman–Crippen MR) is 64.3 cm³/mol. The van der Waals surface area contributed by atoms with E-state index in [4.69, 9.17) is 5.53 Å². The van der Waals surface area contributed by atoms with Crippen molar-refractivity contribution in [3.05, 3.63) is 40.3 Å². The van der Waals surface area contributed by atoms with E-state index in [1.54, 1.807) is 0 Å².